The van der Waals surface area contributed by atoms with E-state index >= 15 is 0 Å². The molecule has 0 radical (unpaired) electrons. The summed E-state index contributed by atoms with van der Waals surface area (Å²) in [5.74, 6) is 0.0211. The summed E-state index contributed by atoms with van der Waals surface area (Å²) in [5, 5.41) is 17.7. The highest BCUT2D eigenvalue weighted by molar-refractivity contribution is 5.68. The summed E-state index contributed by atoms with van der Waals surface area (Å²) in [6.45, 7) is 6.71. The largest absolute Gasteiger partial charge is 0.327 e. The van der Waals surface area contributed by atoms with E-state index in [0.29, 0.717) is 16.8 Å². The van der Waals surface area contributed by atoms with Crippen LogP contribution in [0, 0.1) is 11.3 Å². The van der Waals surface area contributed by atoms with Crippen molar-refractivity contribution < 1.29 is 0 Å². The Balaban J connectivity index is 2.48. The van der Waals surface area contributed by atoms with E-state index < -0.39 is 0 Å². The monoisotopic (exact) mass is 310 g/mol. The van der Waals surface area contributed by atoms with E-state index in [0.717, 1.165) is 17.8 Å². The topological polar surface area (TPSA) is 80.9 Å². The van der Waals surface area contributed by atoms with Crippen LogP contribution in [0.25, 0.3) is 16.9 Å². The predicted octanol–water partition coefficient (Wildman–Crippen LogP) is 1.91. The lowest BCUT2D eigenvalue weighted by atomic mass is 9.99. The van der Waals surface area contributed by atoms with Gasteiger partial charge in [0, 0.05) is 30.9 Å². The fourth-order valence-corrected chi connectivity index (χ4v) is 2.92. The standard InChI is InChI=1S/C16H18N6O/c1-5-21-9-12(8-18-21)14-13(10(2)3)16(23)22-15(20(14)4)11(6-17)7-19-22/h7-10H,5H2,1-4H3. The lowest BCUT2D eigenvalue weighted by molar-refractivity contribution is 0.660. The molecular formula is C16H18N6O. The smallest absolute Gasteiger partial charge is 0.278 e. The zero-order valence-corrected chi connectivity index (χ0v) is 13.6. The Morgan fingerprint density at radius 2 is 2.04 bits per heavy atom. The van der Waals surface area contributed by atoms with Gasteiger partial charge in [-0.25, -0.2) is 0 Å². The average Bonchev–Trinajstić information content (AvgIpc) is 3.16. The first-order valence-corrected chi connectivity index (χ1v) is 7.53. The zero-order valence-electron chi connectivity index (χ0n) is 13.6. The van der Waals surface area contributed by atoms with E-state index in [4.69, 9.17) is 0 Å². The van der Waals surface area contributed by atoms with Crippen LogP contribution in [0.4, 0.5) is 0 Å². The molecule has 3 aromatic rings. The van der Waals surface area contributed by atoms with Crippen LogP contribution in [0.2, 0.25) is 0 Å². The molecule has 0 atom stereocenters. The third-order valence-electron chi connectivity index (χ3n) is 4.00. The van der Waals surface area contributed by atoms with Crippen molar-refractivity contribution in [1.82, 2.24) is 24.0 Å². The quantitative estimate of drug-likeness (QED) is 0.740. The number of nitriles is 1. The summed E-state index contributed by atoms with van der Waals surface area (Å²) in [7, 11) is 1.85. The molecule has 0 amide bonds. The summed E-state index contributed by atoms with van der Waals surface area (Å²) >= 11 is 0. The van der Waals surface area contributed by atoms with Gasteiger partial charge in [-0.15, -0.1) is 0 Å². The van der Waals surface area contributed by atoms with Crippen molar-refractivity contribution in [2.75, 3.05) is 0 Å². The molecule has 0 N–H and O–H groups in total. The Morgan fingerprint density at radius 3 is 2.61 bits per heavy atom. The second-order valence-corrected chi connectivity index (χ2v) is 5.77. The summed E-state index contributed by atoms with van der Waals surface area (Å²) in [6.07, 6.45) is 5.10. The maximum atomic E-state index is 12.9. The molecule has 0 aliphatic rings. The molecule has 3 heterocycles. The first-order chi connectivity index (χ1) is 11.0. The highest BCUT2D eigenvalue weighted by atomic mass is 16.1. The Labute approximate surface area is 133 Å². The number of hydrogen-bond donors (Lipinski definition) is 0. The van der Waals surface area contributed by atoms with Crippen molar-refractivity contribution >= 4 is 5.65 Å². The molecule has 3 rings (SSSR count). The van der Waals surface area contributed by atoms with E-state index in [-0.39, 0.29) is 11.5 Å². The van der Waals surface area contributed by atoms with Gasteiger partial charge < -0.3 is 4.57 Å². The van der Waals surface area contributed by atoms with Crippen LogP contribution in [0.3, 0.4) is 0 Å². The van der Waals surface area contributed by atoms with Gasteiger partial charge in [0.05, 0.1) is 18.1 Å². The van der Waals surface area contributed by atoms with Gasteiger partial charge >= 0.3 is 0 Å². The fraction of sp³-hybridized carbons (Fsp3) is 0.375. The van der Waals surface area contributed by atoms with Crippen molar-refractivity contribution in [3.05, 3.63) is 40.1 Å². The molecule has 0 unspecified atom stereocenters. The number of aryl methyl sites for hydroxylation is 2. The summed E-state index contributed by atoms with van der Waals surface area (Å²) < 4.78 is 4.98. The SMILES string of the molecule is CCn1cc(-c2c(C(C)C)c(=O)n3ncc(C#N)c3n2C)cn1. The molecule has 3 aromatic heterocycles. The van der Waals surface area contributed by atoms with Gasteiger partial charge in [0.15, 0.2) is 5.65 Å². The van der Waals surface area contributed by atoms with Crippen LogP contribution in [-0.4, -0.2) is 24.0 Å². The molecular weight excluding hydrogens is 292 g/mol. The number of nitrogens with zero attached hydrogens (tertiary/aromatic N) is 6. The molecule has 0 spiro atoms. The van der Waals surface area contributed by atoms with Crippen LogP contribution in [0.5, 0.6) is 0 Å². The third kappa shape index (κ3) is 2.14. The number of aromatic nitrogens is 5. The van der Waals surface area contributed by atoms with Gasteiger partial charge in [-0.1, -0.05) is 13.8 Å². The van der Waals surface area contributed by atoms with E-state index in [1.54, 1.807) is 6.20 Å². The molecule has 0 fully saturated rings. The lowest BCUT2D eigenvalue weighted by Gasteiger charge is -2.17. The maximum absolute atomic E-state index is 12.9. The van der Waals surface area contributed by atoms with E-state index in [9.17, 15) is 10.1 Å². The number of fused-ring (bicyclic) bond motifs is 1. The van der Waals surface area contributed by atoms with E-state index in [1.807, 2.05) is 43.3 Å². The van der Waals surface area contributed by atoms with Crippen molar-refractivity contribution in [2.45, 2.75) is 33.2 Å². The van der Waals surface area contributed by atoms with Crippen molar-refractivity contribution in [3.63, 3.8) is 0 Å². The molecule has 7 nitrogen and oxygen atoms in total. The molecule has 118 valence electrons. The lowest BCUT2D eigenvalue weighted by Crippen LogP contribution is -2.25. The van der Waals surface area contributed by atoms with E-state index in [1.165, 1.54) is 10.7 Å². The van der Waals surface area contributed by atoms with Gasteiger partial charge in [0.1, 0.15) is 11.6 Å². The first-order valence-electron chi connectivity index (χ1n) is 7.53. The minimum Gasteiger partial charge on any atom is -0.327 e. The average molecular weight is 310 g/mol. The van der Waals surface area contributed by atoms with Crippen molar-refractivity contribution in [2.24, 2.45) is 7.05 Å². The predicted molar refractivity (Wildman–Crippen MR) is 86.1 cm³/mol. The molecule has 7 heteroatoms. The zero-order chi connectivity index (χ0) is 16.7. The van der Waals surface area contributed by atoms with Gasteiger partial charge in [-0.2, -0.15) is 20.0 Å². The van der Waals surface area contributed by atoms with Crippen LogP contribution >= 0.6 is 0 Å². The molecule has 0 aliphatic heterocycles. The number of hydrogen-bond acceptors (Lipinski definition) is 4. The Kier molecular flexibility index (Phi) is 3.52. The van der Waals surface area contributed by atoms with Crippen LogP contribution in [0.1, 0.15) is 37.8 Å². The Morgan fingerprint density at radius 1 is 1.30 bits per heavy atom. The van der Waals surface area contributed by atoms with Crippen LogP contribution in [-0.2, 0) is 13.6 Å². The second kappa shape index (κ2) is 5.39. The highest BCUT2D eigenvalue weighted by Gasteiger charge is 2.22. The molecule has 0 bridgehead atoms. The molecule has 0 saturated heterocycles. The van der Waals surface area contributed by atoms with Gasteiger partial charge in [-0.3, -0.25) is 9.48 Å². The third-order valence-corrected chi connectivity index (χ3v) is 4.00. The highest BCUT2D eigenvalue weighted by Crippen LogP contribution is 2.28. The van der Waals surface area contributed by atoms with Crippen molar-refractivity contribution in [3.8, 4) is 17.3 Å². The summed E-state index contributed by atoms with van der Waals surface area (Å²) in [6, 6.07) is 2.10. The Bertz CT molecular complexity index is 983. The van der Waals surface area contributed by atoms with Crippen LogP contribution < -0.4 is 5.56 Å². The maximum Gasteiger partial charge on any atom is 0.278 e. The summed E-state index contributed by atoms with van der Waals surface area (Å²) in [5.41, 5.74) is 3.01. The van der Waals surface area contributed by atoms with Gasteiger partial charge in [0.25, 0.3) is 5.56 Å². The minimum absolute atomic E-state index is 0.0211. The van der Waals surface area contributed by atoms with Gasteiger partial charge in [-0.05, 0) is 12.8 Å². The van der Waals surface area contributed by atoms with Crippen LogP contribution in [0.15, 0.2) is 23.4 Å². The second-order valence-electron chi connectivity index (χ2n) is 5.77. The van der Waals surface area contributed by atoms with E-state index in [2.05, 4.69) is 16.3 Å². The fourth-order valence-electron chi connectivity index (χ4n) is 2.92. The summed E-state index contributed by atoms with van der Waals surface area (Å²) in [4.78, 5) is 12.9. The normalized spacial score (nSPS) is 11.3. The van der Waals surface area contributed by atoms with Gasteiger partial charge in [0.2, 0.25) is 0 Å². The first kappa shape index (κ1) is 15.0. The molecule has 0 aromatic carbocycles. The Hall–Kier alpha value is -2.88. The molecule has 23 heavy (non-hydrogen) atoms. The minimum atomic E-state index is -0.186. The number of rotatable bonds is 3. The molecule has 0 aliphatic carbocycles. The molecule has 0 saturated carbocycles. The van der Waals surface area contributed by atoms with Crippen molar-refractivity contribution in [1.29, 1.82) is 5.26 Å².